The minimum absolute atomic E-state index is 0.696. The van der Waals surface area contributed by atoms with Gasteiger partial charge in [0.1, 0.15) is 10.4 Å². The van der Waals surface area contributed by atoms with Gasteiger partial charge >= 0.3 is 0 Å². The average molecular weight is 323 g/mol. The van der Waals surface area contributed by atoms with E-state index in [0.717, 1.165) is 39.6 Å². The van der Waals surface area contributed by atoms with E-state index in [9.17, 15) is 0 Å². The zero-order valence-electron chi connectivity index (χ0n) is 10.9. The molecule has 0 N–H and O–H groups in total. The molecule has 4 nitrogen and oxygen atoms in total. The van der Waals surface area contributed by atoms with Gasteiger partial charge in [-0.1, -0.05) is 0 Å². The summed E-state index contributed by atoms with van der Waals surface area (Å²) in [5.74, 6) is 2.59. The van der Waals surface area contributed by atoms with Crippen molar-refractivity contribution < 1.29 is 9.47 Å². The Morgan fingerprint density at radius 1 is 1.21 bits per heavy atom. The molecule has 0 saturated carbocycles. The maximum Gasteiger partial charge on any atom is 0.161 e. The molecule has 2 heterocycles. The van der Waals surface area contributed by atoms with E-state index in [1.54, 1.807) is 0 Å². The van der Waals surface area contributed by atoms with Gasteiger partial charge in [0.2, 0.25) is 0 Å². The molecule has 0 spiro atoms. The summed E-state index contributed by atoms with van der Waals surface area (Å²) in [6, 6.07) is 6.02. The molecule has 1 aliphatic rings. The minimum atomic E-state index is 0.696. The predicted octanol–water partition coefficient (Wildman–Crippen LogP) is 3.32. The fourth-order valence-electron chi connectivity index (χ4n) is 2.19. The number of hydrogen-bond donors (Lipinski definition) is 0. The van der Waals surface area contributed by atoms with Crippen LogP contribution >= 0.6 is 15.9 Å². The van der Waals surface area contributed by atoms with Gasteiger partial charge in [-0.05, 0) is 41.1 Å². The van der Waals surface area contributed by atoms with Crippen LogP contribution in [0.15, 0.2) is 22.8 Å². The molecule has 19 heavy (non-hydrogen) atoms. The molecule has 1 aliphatic heterocycles. The summed E-state index contributed by atoms with van der Waals surface area (Å²) in [7, 11) is 2.01. The normalized spacial score (nSPS) is 14.3. The van der Waals surface area contributed by atoms with Gasteiger partial charge in [0.15, 0.2) is 11.5 Å². The quantitative estimate of drug-likeness (QED) is 0.808. The van der Waals surface area contributed by atoms with E-state index in [4.69, 9.17) is 9.47 Å². The number of nitrogens with zero attached hydrogens (tertiary/aromatic N) is 2. The van der Waals surface area contributed by atoms with E-state index in [2.05, 4.69) is 25.5 Å². The smallest absolute Gasteiger partial charge is 0.161 e. The molecule has 0 aliphatic carbocycles. The number of aromatic nitrogens is 2. The van der Waals surface area contributed by atoms with Gasteiger partial charge in [-0.25, -0.2) is 4.98 Å². The highest BCUT2D eigenvalue weighted by Gasteiger charge is 2.16. The van der Waals surface area contributed by atoms with Crippen LogP contribution in [-0.4, -0.2) is 22.8 Å². The lowest BCUT2D eigenvalue weighted by molar-refractivity contribution is 0.297. The Labute approximate surface area is 120 Å². The van der Waals surface area contributed by atoms with Crippen molar-refractivity contribution in [3.63, 3.8) is 0 Å². The Balaban J connectivity index is 2.09. The molecular weight excluding hydrogens is 308 g/mol. The minimum Gasteiger partial charge on any atom is -0.490 e. The number of ether oxygens (including phenoxy) is 2. The number of hydrogen-bond acceptors (Lipinski definition) is 3. The van der Waals surface area contributed by atoms with Crippen LogP contribution in [0.25, 0.3) is 11.3 Å². The zero-order valence-corrected chi connectivity index (χ0v) is 12.5. The topological polar surface area (TPSA) is 36.3 Å². The third kappa shape index (κ3) is 2.23. The highest BCUT2D eigenvalue weighted by molar-refractivity contribution is 9.10. The van der Waals surface area contributed by atoms with Gasteiger partial charge in [0, 0.05) is 19.0 Å². The molecular formula is C14H15BrN2O2. The van der Waals surface area contributed by atoms with Gasteiger partial charge in [-0.2, -0.15) is 0 Å². The largest absolute Gasteiger partial charge is 0.490 e. The molecule has 3 rings (SSSR count). The molecule has 1 aromatic heterocycles. The number of fused-ring (bicyclic) bond motifs is 1. The summed E-state index contributed by atoms with van der Waals surface area (Å²) in [5.41, 5.74) is 2.12. The lowest BCUT2D eigenvalue weighted by atomic mass is 10.1. The average Bonchev–Trinajstić information content (AvgIpc) is 2.59. The summed E-state index contributed by atoms with van der Waals surface area (Å²) >= 11 is 3.51. The highest BCUT2D eigenvalue weighted by atomic mass is 79.9. The van der Waals surface area contributed by atoms with Crippen molar-refractivity contribution in [2.45, 2.75) is 13.3 Å². The fourth-order valence-corrected chi connectivity index (χ4v) is 2.95. The molecule has 2 aromatic rings. The van der Waals surface area contributed by atoms with Gasteiger partial charge in [0.05, 0.1) is 18.9 Å². The Bertz CT molecular complexity index is 622. The summed E-state index contributed by atoms with van der Waals surface area (Å²) in [5, 5.41) is 0. The van der Waals surface area contributed by atoms with Crippen molar-refractivity contribution in [2.24, 2.45) is 7.05 Å². The first-order valence-electron chi connectivity index (χ1n) is 6.25. The zero-order chi connectivity index (χ0) is 13.4. The fraction of sp³-hybridized carbons (Fsp3) is 0.357. The van der Waals surface area contributed by atoms with Crippen LogP contribution in [0.3, 0.4) is 0 Å². The molecule has 1 aromatic carbocycles. The van der Waals surface area contributed by atoms with Gasteiger partial charge in [0.25, 0.3) is 0 Å². The summed E-state index contributed by atoms with van der Waals surface area (Å²) in [6.45, 7) is 3.39. The molecule has 0 unspecified atom stereocenters. The summed E-state index contributed by atoms with van der Waals surface area (Å²) < 4.78 is 14.3. The van der Waals surface area contributed by atoms with E-state index >= 15 is 0 Å². The Morgan fingerprint density at radius 3 is 2.63 bits per heavy atom. The number of imidazole rings is 1. The van der Waals surface area contributed by atoms with Crippen LogP contribution in [0, 0.1) is 6.92 Å². The third-order valence-corrected chi connectivity index (χ3v) is 3.85. The van der Waals surface area contributed by atoms with E-state index in [1.165, 1.54) is 0 Å². The molecule has 0 radical (unpaired) electrons. The van der Waals surface area contributed by atoms with Crippen molar-refractivity contribution in [1.82, 2.24) is 9.55 Å². The first kappa shape index (κ1) is 12.5. The van der Waals surface area contributed by atoms with Crippen LogP contribution in [0.2, 0.25) is 0 Å². The first-order chi connectivity index (χ1) is 9.16. The molecule has 0 bridgehead atoms. The maximum atomic E-state index is 5.73. The van der Waals surface area contributed by atoms with Crippen molar-refractivity contribution in [1.29, 1.82) is 0 Å². The number of rotatable bonds is 1. The lowest BCUT2D eigenvalue weighted by Gasteiger charge is -2.10. The van der Waals surface area contributed by atoms with E-state index < -0.39 is 0 Å². The highest BCUT2D eigenvalue weighted by Crippen LogP contribution is 2.36. The monoisotopic (exact) mass is 322 g/mol. The predicted molar refractivity (Wildman–Crippen MR) is 76.7 cm³/mol. The van der Waals surface area contributed by atoms with Gasteiger partial charge < -0.3 is 14.0 Å². The van der Waals surface area contributed by atoms with Gasteiger partial charge in [-0.3, -0.25) is 0 Å². The second-order valence-electron chi connectivity index (χ2n) is 4.57. The summed E-state index contributed by atoms with van der Waals surface area (Å²) in [6.07, 6.45) is 0.915. The van der Waals surface area contributed by atoms with Crippen LogP contribution in [0.5, 0.6) is 11.5 Å². The van der Waals surface area contributed by atoms with Crippen molar-refractivity contribution >= 4 is 15.9 Å². The summed E-state index contributed by atoms with van der Waals surface area (Å²) in [4.78, 5) is 4.43. The number of aryl methyl sites for hydroxylation is 1. The number of halogens is 1. The number of benzene rings is 1. The first-order valence-corrected chi connectivity index (χ1v) is 7.05. The van der Waals surface area contributed by atoms with Crippen molar-refractivity contribution in [3.05, 3.63) is 28.6 Å². The molecule has 100 valence electrons. The van der Waals surface area contributed by atoms with Crippen molar-refractivity contribution in [2.75, 3.05) is 13.2 Å². The third-order valence-electron chi connectivity index (χ3n) is 3.30. The Hall–Kier alpha value is -1.49. The van der Waals surface area contributed by atoms with E-state index in [1.807, 2.05) is 32.2 Å². The van der Waals surface area contributed by atoms with Gasteiger partial charge in [-0.15, -0.1) is 0 Å². The molecule has 0 atom stereocenters. The van der Waals surface area contributed by atoms with E-state index in [0.29, 0.717) is 13.2 Å². The second kappa shape index (κ2) is 4.89. The van der Waals surface area contributed by atoms with Crippen molar-refractivity contribution in [3.8, 4) is 22.8 Å². The SMILES string of the molecule is Cc1nc(Br)c(-c2ccc3c(c2)OCCCO3)n1C. The standard InChI is InChI=1S/C14H15BrN2O2/c1-9-16-14(15)13(17(9)2)10-4-5-11-12(8-10)19-7-3-6-18-11/h4-5,8H,3,6-7H2,1-2H3. The Morgan fingerprint density at radius 2 is 1.95 bits per heavy atom. The van der Waals surface area contributed by atoms with Crippen LogP contribution in [0.1, 0.15) is 12.2 Å². The van der Waals surface area contributed by atoms with Crippen LogP contribution in [-0.2, 0) is 7.05 Å². The van der Waals surface area contributed by atoms with Crippen LogP contribution < -0.4 is 9.47 Å². The molecule has 0 saturated heterocycles. The Kier molecular flexibility index (Phi) is 3.22. The molecule has 5 heteroatoms. The maximum absolute atomic E-state index is 5.73. The van der Waals surface area contributed by atoms with Crippen LogP contribution in [0.4, 0.5) is 0 Å². The van der Waals surface area contributed by atoms with E-state index in [-0.39, 0.29) is 0 Å². The molecule has 0 amide bonds. The molecule has 0 fully saturated rings. The lowest BCUT2D eigenvalue weighted by Crippen LogP contribution is -1.97. The second-order valence-corrected chi connectivity index (χ2v) is 5.32.